The van der Waals surface area contributed by atoms with Crippen LogP contribution in [0, 0.1) is 0 Å². The van der Waals surface area contributed by atoms with Gasteiger partial charge in [0.25, 0.3) is 0 Å². The highest BCUT2D eigenvalue weighted by atomic mass is 79.9. The van der Waals surface area contributed by atoms with Crippen molar-refractivity contribution in [3.63, 3.8) is 0 Å². The summed E-state index contributed by atoms with van der Waals surface area (Å²) < 4.78 is 2.34. The van der Waals surface area contributed by atoms with Gasteiger partial charge in [-0.1, -0.05) is 0 Å². The number of carbonyl (C=O) groups is 1. The lowest BCUT2D eigenvalue weighted by molar-refractivity contribution is 0.253. The largest absolute Gasteiger partial charge is 0.332 e. The van der Waals surface area contributed by atoms with Crippen molar-refractivity contribution in [3.8, 4) is 0 Å². The normalized spacial score (nSPS) is 10.1. The molecule has 0 bridgehead atoms. The van der Waals surface area contributed by atoms with Gasteiger partial charge >= 0.3 is 6.03 Å². The summed E-state index contributed by atoms with van der Waals surface area (Å²) in [6.45, 7) is 0. The van der Waals surface area contributed by atoms with E-state index in [0.717, 1.165) is 0 Å². The van der Waals surface area contributed by atoms with Gasteiger partial charge in [0.05, 0.1) is 6.20 Å². The average molecular weight is 347 g/mol. The number of nitrogens with one attached hydrogen (secondary N) is 1. The molecule has 82 valence electrons. The van der Waals surface area contributed by atoms with Gasteiger partial charge < -0.3 is 0 Å². The van der Waals surface area contributed by atoms with E-state index in [1.54, 1.807) is 0 Å². The summed E-state index contributed by atoms with van der Waals surface area (Å²) in [5.74, 6) is 0.349. The number of anilines is 1. The highest BCUT2D eigenvalue weighted by Gasteiger charge is 2.09. The minimum absolute atomic E-state index is 0.349. The second kappa shape index (κ2) is 4.71. The van der Waals surface area contributed by atoms with Crippen molar-refractivity contribution in [3.05, 3.63) is 34.1 Å². The van der Waals surface area contributed by atoms with Crippen LogP contribution in [0.3, 0.4) is 0 Å². The van der Waals surface area contributed by atoms with Crippen LogP contribution in [0.4, 0.5) is 10.6 Å². The molecular weight excluding hydrogens is 342 g/mol. The van der Waals surface area contributed by atoms with Crippen molar-refractivity contribution in [1.29, 1.82) is 0 Å². The molecular formula is C8H5Br2N5O. The van der Waals surface area contributed by atoms with Gasteiger partial charge in [-0.25, -0.2) is 19.7 Å². The molecule has 6 nitrogen and oxygen atoms in total. The highest BCUT2D eigenvalue weighted by Crippen LogP contribution is 2.19. The first-order valence-corrected chi connectivity index (χ1v) is 5.73. The molecule has 1 N–H and O–H groups in total. The predicted octanol–water partition coefficient (Wildman–Crippen LogP) is 2.28. The Balaban J connectivity index is 2.18. The number of amides is 1. The zero-order chi connectivity index (χ0) is 11.5. The van der Waals surface area contributed by atoms with E-state index < -0.39 is 0 Å². The van der Waals surface area contributed by atoms with Crippen molar-refractivity contribution in [2.24, 2.45) is 0 Å². The minimum atomic E-state index is -0.352. The Morgan fingerprint density at radius 3 is 2.88 bits per heavy atom. The van der Waals surface area contributed by atoms with Gasteiger partial charge in [0.2, 0.25) is 0 Å². The Morgan fingerprint density at radius 1 is 1.44 bits per heavy atom. The predicted molar refractivity (Wildman–Crippen MR) is 64.1 cm³/mol. The van der Waals surface area contributed by atoms with Crippen molar-refractivity contribution in [2.75, 3.05) is 5.32 Å². The maximum atomic E-state index is 11.6. The van der Waals surface area contributed by atoms with E-state index >= 15 is 0 Å². The van der Waals surface area contributed by atoms with Gasteiger partial charge in [-0.3, -0.25) is 9.88 Å². The molecule has 0 saturated heterocycles. The number of aromatic nitrogens is 4. The standard InChI is InChI=1S/C8H5Br2N5O/c9-5-3-12-7(6(10)13-5)14-8(16)15-2-1-11-4-15/h1-4H,(H,12,14,16). The first kappa shape index (κ1) is 11.2. The van der Waals surface area contributed by atoms with Crippen LogP contribution in [0.5, 0.6) is 0 Å². The van der Waals surface area contributed by atoms with Gasteiger partial charge in [0.15, 0.2) is 5.82 Å². The van der Waals surface area contributed by atoms with E-state index in [-0.39, 0.29) is 6.03 Å². The number of hydrogen-bond acceptors (Lipinski definition) is 4. The zero-order valence-electron chi connectivity index (χ0n) is 7.76. The number of nitrogens with zero attached hydrogens (tertiary/aromatic N) is 4. The summed E-state index contributed by atoms with van der Waals surface area (Å²) in [7, 11) is 0. The fourth-order valence-corrected chi connectivity index (χ4v) is 1.89. The smallest absolute Gasteiger partial charge is 0.289 e. The van der Waals surface area contributed by atoms with E-state index in [4.69, 9.17) is 0 Å². The van der Waals surface area contributed by atoms with Crippen LogP contribution in [0.2, 0.25) is 0 Å². The molecule has 2 heterocycles. The SMILES string of the molecule is O=C(Nc1ncc(Br)nc1Br)n1ccnc1. The number of imidazole rings is 1. The van der Waals surface area contributed by atoms with E-state index in [9.17, 15) is 4.79 Å². The van der Waals surface area contributed by atoms with Crippen LogP contribution in [0.15, 0.2) is 34.1 Å². The van der Waals surface area contributed by atoms with Crippen LogP contribution < -0.4 is 5.32 Å². The molecule has 0 aliphatic carbocycles. The summed E-state index contributed by atoms with van der Waals surface area (Å²) in [6, 6.07) is -0.352. The molecule has 2 aromatic heterocycles. The molecule has 16 heavy (non-hydrogen) atoms. The molecule has 0 aliphatic heterocycles. The van der Waals surface area contributed by atoms with Crippen LogP contribution in [0.25, 0.3) is 0 Å². The summed E-state index contributed by atoms with van der Waals surface area (Å²) in [5, 5.41) is 2.58. The lowest BCUT2D eigenvalue weighted by Crippen LogP contribution is -2.19. The maximum absolute atomic E-state index is 11.6. The van der Waals surface area contributed by atoms with Crippen molar-refractivity contribution in [1.82, 2.24) is 19.5 Å². The van der Waals surface area contributed by atoms with Gasteiger partial charge in [-0.15, -0.1) is 0 Å². The third-order valence-corrected chi connectivity index (χ3v) is 2.60. The molecule has 0 spiro atoms. The van der Waals surface area contributed by atoms with Crippen molar-refractivity contribution < 1.29 is 4.79 Å². The number of halogens is 2. The maximum Gasteiger partial charge on any atom is 0.332 e. The molecule has 8 heteroatoms. The van der Waals surface area contributed by atoms with E-state index in [1.807, 2.05) is 0 Å². The van der Waals surface area contributed by atoms with E-state index in [2.05, 4.69) is 52.1 Å². The molecule has 0 saturated carbocycles. The first-order chi connectivity index (χ1) is 7.66. The Labute approximate surface area is 107 Å². The topological polar surface area (TPSA) is 72.7 Å². The summed E-state index contributed by atoms with van der Waals surface area (Å²) in [4.78, 5) is 23.4. The molecule has 0 unspecified atom stereocenters. The van der Waals surface area contributed by atoms with Crippen LogP contribution in [-0.2, 0) is 0 Å². The lowest BCUT2D eigenvalue weighted by atomic mass is 10.6. The second-order valence-electron chi connectivity index (χ2n) is 2.73. The Hall–Kier alpha value is -1.28. The minimum Gasteiger partial charge on any atom is -0.289 e. The van der Waals surface area contributed by atoms with Gasteiger partial charge in [0, 0.05) is 12.4 Å². The number of carbonyl (C=O) groups excluding carboxylic acids is 1. The Morgan fingerprint density at radius 2 is 2.25 bits per heavy atom. The average Bonchev–Trinajstić information content (AvgIpc) is 2.75. The summed E-state index contributed by atoms with van der Waals surface area (Å²) in [5.41, 5.74) is 0. The van der Waals surface area contributed by atoms with Crippen molar-refractivity contribution >= 4 is 43.7 Å². The Kier molecular flexibility index (Phi) is 3.30. The summed E-state index contributed by atoms with van der Waals surface area (Å²) in [6.07, 6.45) is 5.95. The van der Waals surface area contributed by atoms with Gasteiger partial charge in [0.1, 0.15) is 15.5 Å². The Bertz CT molecular complexity index is 513. The fourth-order valence-electron chi connectivity index (χ4n) is 0.976. The van der Waals surface area contributed by atoms with E-state index in [1.165, 1.54) is 29.5 Å². The van der Waals surface area contributed by atoms with Crippen molar-refractivity contribution in [2.45, 2.75) is 0 Å². The fraction of sp³-hybridized carbons (Fsp3) is 0. The molecule has 2 rings (SSSR count). The molecule has 1 amide bonds. The molecule has 0 atom stereocenters. The molecule has 0 aliphatic rings. The van der Waals surface area contributed by atoms with Crippen LogP contribution in [0.1, 0.15) is 0 Å². The van der Waals surface area contributed by atoms with Gasteiger partial charge in [-0.2, -0.15) is 0 Å². The quantitative estimate of drug-likeness (QED) is 0.859. The van der Waals surface area contributed by atoms with Crippen LogP contribution in [-0.4, -0.2) is 25.6 Å². The number of hydrogen-bond donors (Lipinski definition) is 1. The molecule has 0 fully saturated rings. The molecule has 0 aromatic carbocycles. The van der Waals surface area contributed by atoms with Crippen LogP contribution >= 0.6 is 31.9 Å². The second-order valence-corrected chi connectivity index (χ2v) is 4.30. The van der Waals surface area contributed by atoms with Gasteiger partial charge in [-0.05, 0) is 31.9 Å². The van der Waals surface area contributed by atoms with E-state index in [0.29, 0.717) is 15.0 Å². The zero-order valence-corrected chi connectivity index (χ0v) is 10.9. The summed E-state index contributed by atoms with van der Waals surface area (Å²) >= 11 is 6.37. The number of rotatable bonds is 1. The first-order valence-electron chi connectivity index (χ1n) is 4.14. The monoisotopic (exact) mass is 345 g/mol. The molecule has 0 radical (unpaired) electrons. The third-order valence-electron chi connectivity index (χ3n) is 1.66. The highest BCUT2D eigenvalue weighted by molar-refractivity contribution is 9.11. The molecule has 2 aromatic rings. The third kappa shape index (κ3) is 2.45. The lowest BCUT2D eigenvalue weighted by Gasteiger charge is -2.05.